The fourth-order valence-electron chi connectivity index (χ4n) is 2.05. The molecule has 1 heterocycles. The Hall–Kier alpha value is -1.21. The number of benzene rings is 1. The third-order valence-corrected chi connectivity index (χ3v) is 5.93. The molecule has 0 aliphatic heterocycles. The number of nitrogens with one attached hydrogen (secondary N) is 1. The molecule has 21 heavy (non-hydrogen) atoms. The number of nitrogens with two attached hydrogens (primary N) is 1. The zero-order valence-corrected chi connectivity index (χ0v) is 13.6. The zero-order valence-electron chi connectivity index (χ0n) is 12.0. The molecule has 1 atom stereocenters. The molecule has 0 saturated carbocycles. The first-order valence-corrected chi connectivity index (χ1v) is 9.21. The van der Waals surface area contributed by atoms with Crippen molar-refractivity contribution in [1.29, 1.82) is 0 Å². The average molecular weight is 324 g/mol. The van der Waals surface area contributed by atoms with Crippen molar-refractivity contribution in [3.63, 3.8) is 0 Å². The fourth-order valence-corrected chi connectivity index (χ4v) is 4.25. The van der Waals surface area contributed by atoms with Crippen molar-refractivity contribution < 1.29 is 8.42 Å². The molecule has 1 unspecified atom stereocenters. The summed E-state index contributed by atoms with van der Waals surface area (Å²) in [6.45, 7) is 2.89. The Balaban J connectivity index is 1.90. The van der Waals surface area contributed by atoms with Crippen LogP contribution in [0.2, 0.25) is 0 Å². The highest BCUT2D eigenvalue weighted by atomic mass is 32.2. The molecule has 6 heteroatoms. The van der Waals surface area contributed by atoms with E-state index >= 15 is 0 Å². The van der Waals surface area contributed by atoms with Crippen LogP contribution >= 0.6 is 11.3 Å². The molecular formula is C15H20N2O2S2. The van der Waals surface area contributed by atoms with E-state index < -0.39 is 10.0 Å². The predicted octanol–water partition coefficient (Wildman–Crippen LogP) is 2.68. The van der Waals surface area contributed by atoms with Crippen LogP contribution in [0.3, 0.4) is 0 Å². The first-order valence-electron chi connectivity index (χ1n) is 6.85. The highest BCUT2D eigenvalue weighted by Gasteiger charge is 2.16. The van der Waals surface area contributed by atoms with E-state index in [1.54, 1.807) is 11.4 Å². The van der Waals surface area contributed by atoms with Gasteiger partial charge >= 0.3 is 0 Å². The lowest BCUT2D eigenvalue weighted by Crippen LogP contribution is -2.25. The maximum atomic E-state index is 12.1. The fraction of sp³-hybridized carbons (Fsp3) is 0.333. The molecule has 114 valence electrons. The average Bonchev–Trinajstić information content (AvgIpc) is 2.98. The standard InChI is InChI=1S/C15H20N2O2S2/c1-12(13-5-3-2-4-6-13)7-8-17-21(18,19)15-9-14(10-16)20-11-15/h2-6,9,11-12,17H,7-8,10,16H2,1H3. The molecule has 0 saturated heterocycles. The Kier molecular flexibility index (Phi) is 5.52. The smallest absolute Gasteiger partial charge is 0.241 e. The minimum atomic E-state index is -3.42. The van der Waals surface area contributed by atoms with Gasteiger partial charge in [-0.3, -0.25) is 0 Å². The maximum absolute atomic E-state index is 12.1. The van der Waals surface area contributed by atoms with Crippen molar-refractivity contribution in [2.24, 2.45) is 5.73 Å². The third-order valence-electron chi connectivity index (χ3n) is 3.38. The molecule has 0 radical (unpaired) electrons. The highest BCUT2D eigenvalue weighted by molar-refractivity contribution is 7.89. The van der Waals surface area contributed by atoms with E-state index in [-0.39, 0.29) is 0 Å². The quantitative estimate of drug-likeness (QED) is 0.822. The lowest BCUT2D eigenvalue weighted by Gasteiger charge is -2.12. The topological polar surface area (TPSA) is 72.2 Å². The highest BCUT2D eigenvalue weighted by Crippen LogP contribution is 2.20. The summed E-state index contributed by atoms with van der Waals surface area (Å²) in [6, 6.07) is 11.7. The third kappa shape index (κ3) is 4.38. The van der Waals surface area contributed by atoms with E-state index in [2.05, 4.69) is 23.8 Å². The molecule has 0 spiro atoms. The molecule has 1 aromatic carbocycles. The molecular weight excluding hydrogens is 304 g/mol. The SMILES string of the molecule is CC(CCNS(=O)(=O)c1csc(CN)c1)c1ccccc1. The number of rotatable bonds is 7. The van der Waals surface area contributed by atoms with Crippen LogP contribution in [0, 0.1) is 0 Å². The van der Waals surface area contributed by atoms with Crippen LogP contribution in [0.5, 0.6) is 0 Å². The summed E-state index contributed by atoms with van der Waals surface area (Å²) in [6.07, 6.45) is 0.761. The van der Waals surface area contributed by atoms with Crippen LogP contribution in [-0.2, 0) is 16.6 Å². The van der Waals surface area contributed by atoms with Gasteiger partial charge in [0.2, 0.25) is 10.0 Å². The molecule has 0 aliphatic carbocycles. The van der Waals surface area contributed by atoms with Crippen LogP contribution < -0.4 is 10.5 Å². The Morgan fingerprint density at radius 3 is 2.62 bits per heavy atom. The van der Waals surface area contributed by atoms with Gasteiger partial charge in [0.1, 0.15) is 0 Å². The zero-order chi connectivity index (χ0) is 15.3. The van der Waals surface area contributed by atoms with Gasteiger partial charge in [0, 0.05) is 23.3 Å². The molecule has 2 rings (SSSR count). The summed E-state index contributed by atoms with van der Waals surface area (Å²) in [5.41, 5.74) is 6.73. The summed E-state index contributed by atoms with van der Waals surface area (Å²) < 4.78 is 26.9. The van der Waals surface area contributed by atoms with Crippen molar-refractivity contribution in [2.75, 3.05) is 6.54 Å². The summed E-state index contributed by atoms with van der Waals surface area (Å²) in [4.78, 5) is 1.17. The first-order chi connectivity index (χ1) is 10.0. The van der Waals surface area contributed by atoms with Crippen LogP contribution in [-0.4, -0.2) is 15.0 Å². The molecule has 0 bridgehead atoms. The van der Waals surface area contributed by atoms with Gasteiger partial charge < -0.3 is 5.73 Å². The van der Waals surface area contributed by atoms with Gasteiger partial charge in [0.05, 0.1) is 4.90 Å². The molecule has 1 aromatic heterocycles. The van der Waals surface area contributed by atoms with Crippen LogP contribution in [0.1, 0.15) is 29.7 Å². The summed E-state index contributed by atoms with van der Waals surface area (Å²) in [5, 5.41) is 1.63. The lowest BCUT2D eigenvalue weighted by molar-refractivity contribution is 0.573. The van der Waals surface area contributed by atoms with Crippen LogP contribution in [0.25, 0.3) is 0 Å². The van der Waals surface area contributed by atoms with Crippen molar-refractivity contribution in [2.45, 2.75) is 30.7 Å². The van der Waals surface area contributed by atoms with Gasteiger partial charge in [0.15, 0.2) is 0 Å². The van der Waals surface area contributed by atoms with Crippen LogP contribution in [0.15, 0.2) is 46.7 Å². The van der Waals surface area contributed by atoms with E-state index in [1.807, 2.05) is 18.2 Å². The number of hydrogen-bond acceptors (Lipinski definition) is 4. The normalized spacial score (nSPS) is 13.2. The number of thiophene rings is 1. The minimum Gasteiger partial charge on any atom is -0.326 e. The van der Waals surface area contributed by atoms with E-state index in [1.165, 1.54) is 16.9 Å². The number of sulfonamides is 1. The maximum Gasteiger partial charge on any atom is 0.241 e. The second-order valence-corrected chi connectivity index (χ2v) is 7.71. The van der Waals surface area contributed by atoms with E-state index in [0.717, 1.165) is 11.3 Å². The first kappa shape index (κ1) is 16.2. The van der Waals surface area contributed by atoms with Crippen molar-refractivity contribution in [3.05, 3.63) is 52.2 Å². The van der Waals surface area contributed by atoms with Crippen molar-refractivity contribution in [1.82, 2.24) is 4.72 Å². The Morgan fingerprint density at radius 1 is 1.29 bits per heavy atom. The van der Waals surface area contributed by atoms with E-state index in [4.69, 9.17) is 5.73 Å². The van der Waals surface area contributed by atoms with Gasteiger partial charge in [-0.2, -0.15) is 0 Å². The Labute approximate surface area is 130 Å². The van der Waals surface area contributed by atoms with Crippen LogP contribution in [0.4, 0.5) is 0 Å². The van der Waals surface area contributed by atoms with Gasteiger partial charge in [-0.1, -0.05) is 37.3 Å². The van der Waals surface area contributed by atoms with Gasteiger partial charge in [0.25, 0.3) is 0 Å². The van der Waals surface area contributed by atoms with E-state index in [9.17, 15) is 8.42 Å². The summed E-state index contributed by atoms with van der Waals surface area (Å²) in [5.74, 6) is 0.316. The minimum absolute atomic E-state index is 0.306. The molecule has 0 aliphatic rings. The van der Waals surface area contributed by atoms with Gasteiger partial charge in [-0.15, -0.1) is 11.3 Å². The summed E-state index contributed by atoms with van der Waals surface area (Å²) in [7, 11) is -3.42. The molecule has 0 fully saturated rings. The molecule has 4 nitrogen and oxygen atoms in total. The van der Waals surface area contributed by atoms with Gasteiger partial charge in [-0.25, -0.2) is 13.1 Å². The van der Waals surface area contributed by atoms with E-state index in [0.29, 0.717) is 23.9 Å². The second-order valence-electron chi connectivity index (χ2n) is 4.95. The lowest BCUT2D eigenvalue weighted by atomic mass is 9.98. The van der Waals surface area contributed by atoms with Crippen molar-refractivity contribution >= 4 is 21.4 Å². The second kappa shape index (κ2) is 7.17. The largest absolute Gasteiger partial charge is 0.326 e. The van der Waals surface area contributed by atoms with Crippen molar-refractivity contribution in [3.8, 4) is 0 Å². The monoisotopic (exact) mass is 324 g/mol. The molecule has 3 N–H and O–H groups in total. The molecule has 2 aromatic rings. The Morgan fingerprint density at radius 2 is 2.00 bits per heavy atom. The number of hydrogen-bond donors (Lipinski definition) is 2. The summed E-state index contributed by atoms with van der Waals surface area (Å²) >= 11 is 1.37. The molecule has 0 amide bonds. The van der Waals surface area contributed by atoms with Gasteiger partial charge in [-0.05, 0) is 24.0 Å². The predicted molar refractivity (Wildman–Crippen MR) is 86.9 cm³/mol. The Bertz CT molecular complexity index is 666.